The number of anilines is 1. The fourth-order valence-corrected chi connectivity index (χ4v) is 2.08. The number of hydrogen-bond donors (Lipinski definition) is 1. The maximum Gasteiger partial charge on any atom is 1.00 e. The number of likely N-dealkylation sites (N-methyl/N-ethyl adjacent to an activating group) is 1. The second-order valence-electron chi connectivity index (χ2n) is 5.20. The van der Waals surface area contributed by atoms with Crippen LogP contribution < -0.4 is 64.0 Å². The molecule has 0 amide bonds. The normalized spacial score (nSPS) is 10.3. The van der Waals surface area contributed by atoms with E-state index >= 15 is 0 Å². The summed E-state index contributed by atoms with van der Waals surface area (Å²) >= 11 is 0. The molecule has 0 heterocycles. The van der Waals surface area contributed by atoms with Gasteiger partial charge < -0.3 is 19.1 Å². The quantitative estimate of drug-likeness (QED) is 0.112. The molecule has 0 aliphatic heterocycles. The predicted octanol–water partition coefficient (Wildman–Crippen LogP) is -3.50. The van der Waals surface area contributed by atoms with Crippen molar-refractivity contribution < 1.29 is 86.7 Å². The molecule has 0 saturated carbocycles. The van der Waals surface area contributed by atoms with Gasteiger partial charge in [0.15, 0.2) is 0 Å². The van der Waals surface area contributed by atoms with E-state index in [1.165, 1.54) is 12.1 Å². The molecule has 0 spiro atoms. The van der Waals surface area contributed by atoms with Crippen LogP contribution in [0.4, 0.5) is 22.7 Å². The average Bonchev–Trinajstić information content (AvgIpc) is 2.64. The number of nitro benzene ring substituents is 1. The zero-order valence-electron chi connectivity index (χ0n) is 16.8. The number of azo groups is 1. The fourth-order valence-electron chi connectivity index (χ4n) is 2.08. The van der Waals surface area contributed by atoms with Crippen LogP contribution in [0.5, 0.6) is 0 Å². The molecule has 14 heteroatoms. The van der Waals surface area contributed by atoms with Crippen LogP contribution in [-0.2, 0) is 10.4 Å². The zero-order valence-corrected chi connectivity index (χ0v) is 21.7. The van der Waals surface area contributed by atoms with Crippen LogP contribution in [0.25, 0.3) is 0 Å². The Hall–Kier alpha value is -0.930. The van der Waals surface area contributed by atoms with Crippen LogP contribution in [-0.4, -0.2) is 47.2 Å². The van der Waals surface area contributed by atoms with Crippen LogP contribution in [0, 0.1) is 10.1 Å². The Morgan fingerprint density at radius 1 is 0.967 bits per heavy atom. The van der Waals surface area contributed by atoms with Gasteiger partial charge in [-0.1, -0.05) is 0 Å². The molecular weight excluding hydrogens is 438 g/mol. The summed E-state index contributed by atoms with van der Waals surface area (Å²) in [5.74, 6) is 0. The van der Waals surface area contributed by atoms with Crippen LogP contribution in [0.2, 0.25) is 0 Å². The second-order valence-corrected chi connectivity index (χ2v) is 6.02. The van der Waals surface area contributed by atoms with E-state index in [0.29, 0.717) is 17.9 Å². The number of rotatable bonds is 7. The van der Waals surface area contributed by atoms with Crippen molar-refractivity contribution >= 4 is 33.1 Å². The molecule has 2 aromatic rings. The van der Waals surface area contributed by atoms with E-state index in [1.54, 1.807) is 12.1 Å². The number of hydrogen-bond acceptors (Lipinski definition) is 10. The SMILES string of the molecule is CCN(CCO)c1ccc(N=Nc2ccc([N+](=O)[O-])cc2)cc1.O=S(=O)([O-])[O-].[Na+].[Na+]. The molecule has 0 atom stereocenters. The molecule has 0 saturated heterocycles. The van der Waals surface area contributed by atoms with Gasteiger partial charge in [0.1, 0.15) is 0 Å². The van der Waals surface area contributed by atoms with Crippen LogP contribution in [0.3, 0.4) is 0 Å². The van der Waals surface area contributed by atoms with Crippen molar-refractivity contribution in [3.63, 3.8) is 0 Å². The number of nitrogens with zero attached hydrogens (tertiary/aromatic N) is 4. The zero-order chi connectivity index (χ0) is 21.2. The monoisotopic (exact) mass is 456 g/mol. The van der Waals surface area contributed by atoms with Crippen LogP contribution >= 0.6 is 0 Å². The Bertz CT molecular complexity index is 887. The van der Waals surface area contributed by atoms with Crippen molar-refractivity contribution in [3.8, 4) is 0 Å². The van der Waals surface area contributed by atoms with Gasteiger partial charge in [-0.05, 0) is 43.3 Å². The largest absolute Gasteiger partial charge is 1.00 e. The first-order chi connectivity index (χ1) is 13.1. The number of nitro groups is 1. The van der Waals surface area contributed by atoms with Gasteiger partial charge in [-0.25, -0.2) is 0 Å². The van der Waals surface area contributed by atoms with Crippen LogP contribution in [0.1, 0.15) is 6.92 Å². The van der Waals surface area contributed by atoms with Gasteiger partial charge >= 0.3 is 59.1 Å². The Kier molecular flexibility index (Phi) is 16.5. The molecule has 0 aliphatic rings. The van der Waals surface area contributed by atoms with Gasteiger partial charge in [-0.3, -0.25) is 18.5 Å². The predicted molar refractivity (Wildman–Crippen MR) is 99.2 cm³/mol. The maximum absolute atomic E-state index is 10.6. The molecule has 11 nitrogen and oxygen atoms in total. The Labute approximate surface area is 218 Å². The molecule has 0 fully saturated rings. The first-order valence-electron chi connectivity index (χ1n) is 7.92. The maximum atomic E-state index is 10.6. The van der Waals surface area contributed by atoms with Crippen molar-refractivity contribution in [1.29, 1.82) is 0 Å². The molecule has 0 bridgehead atoms. The van der Waals surface area contributed by atoms with Crippen molar-refractivity contribution in [2.24, 2.45) is 10.2 Å². The molecule has 0 aromatic heterocycles. The molecule has 0 radical (unpaired) electrons. The Morgan fingerprint density at radius 3 is 1.70 bits per heavy atom. The van der Waals surface area contributed by atoms with E-state index in [4.69, 9.17) is 22.6 Å². The van der Waals surface area contributed by atoms with Crippen molar-refractivity contribution in [1.82, 2.24) is 0 Å². The van der Waals surface area contributed by atoms with Gasteiger partial charge in [0, 0.05) is 41.3 Å². The summed E-state index contributed by atoms with van der Waals surface area (Å²) in [7, 11) is -5.17. The second kappa shape index (κ2) is 15.8. The first-order valence-corrected chi connectivity index (χ1v) is 9.26. The number of non-ortho nitro benzene ring substituents is 1. The Balaban J connectivity index is 0. The topological polar surface area (TPSA) is 172 Å². The van der Waals surface area contributed by atoms with E-state index in [9.17, 15) is 10.1 Å². The molecule has 2 rings (SSSR count). The Morgan fingerprint density at radius 2 is 1.37 bits per heavy atom. The minimum absolute atomic E-state index is 0. The first kappa shape index (κ1) is 31.3. The summed E-state index contributed by atoms with van der Waals surface area (Å²) in [5.41, 5.74) is 2.27. The summed E-state index contributed by atoms with van der Waals surface area (Å²) < 4.78 is 34.1. The van der Waals surface area contributed by atoms with Crippen molar-refractivity contribution in [2.75, 3.05) is 24.6 Å². The molecular formula is C16H18N4Na2O7S. The van der Waals surface area contributed by atoms with Gasteiger partial charge in [-0.15, -0.1) is 0 Å². The van der Waals surface area contributed by atoms with Gasteiger partial charge in [0.2, 0.25) is 0 Å². The molecule has 152 valence electrons. The molecule has 1 N–H and O–H groups in total. The summed E-state index contributed by atoms with van der Waals surface area (Å²) in [4.78, 5) is 12.2. The minimum atomic E-state index is -5.17. The summed E-state index contributed by atoms with van der Waals surface area (Å²) in [6.07, 6.45) is 0. The van der Waals surface area contributed by atoms with Crippen molar-refractivity contribution in [3.05, 3.63) is 58.6 Å². The number of aliphatic hydroxyl groups is 1. The van der Waals surface area contributed by atoms with Crippen molar-refractivity contribution in [2.45, 2.75) is 6.92 Å². The summed E-state index contributed by atoms with van der Waals surface area (Å²) in [5, 5.41) is 27.8. The van der Waals surface area contributed by atoms with E-state index < -0.39 is 15.3 Å². The minimum Gasteiger partial charge on any atom is -0.759 e. The van der Waals surface area contributed by atoms with Gasteiger partial charge in [-0.2, -0.15) is 10.2 Å². The van der Waals surface area contributed by atoms with Crippen LogP contribution in [0.15, 0.2) is 58.8 Å². The molecule has 30 heavy (non-hydrogen) atoms. The van der Waals surface area contributed by atoms with E-state index in [2.05, 4.69) is 15.1 Å². The standard InChI is InChI=1S/C16H18N4O3.2Na.H2O4S/c1-2-19(11-12-21)15-7-3-13(4-8-15)17-18-14-5-9-16(10-6-14)20(22)23;;;1-5(2,3)4/h3-10,21H,2,11-12H2,1H3;;;(H2,1,2,3,4)/q;2*+1;/p-2. The third-order valence-corrected chi connectivity index (χ3v) is 3.31. The molecule has 2 aromatic carbocycles. The third kappa shape index (κ3) is 13.4. The average molecular weight is 456 g/mol. The van der Waals surface area contributed by atoms with E-state index in [-0.39, 0.29) is 71.4 Å². The third-order valence-electron chi connectivity index (χ3n) is 3.31. The van der Waals surface area contributed by atoms with E-state index in [1.807, 2.05) is 31.2 Å². The van der Waals surface area contributed by atoms with Gasteiger partial charge in [0.25, 0.3) is 5.69 Å². The molecule has 0 aliphatic carbocycles. The summed E-state index contributed by atoms with van der Waals surface area (Å²) in [6, 6.07) is 13.4. The number of aliphatic hydroxyl groups excluding tert-OH is 1. The molecule has 0 unspecified atom stereocenters. The van der Waals surface area contributed by atoms with E-state index in [0.717, 1.165) is 12.2 Å². The van der Waals surface area contributed by atoms with Gasteiger partial charge in [0.05, 0.1) is 22.9 Å². The fraction of sp³-hybridized carbons (Fsp3) is 0.250. The summed E-state index contributed by atoms with van der Waals surface area (Å²) in [6.45, 7) is 3.53. The number of benzene rings is 2. The smallest absolute Gasteiger partial charge is 0.759 e.